The maximum atomic E-state index is 12.7. The van der Waals surface area contributed by atoms with Gasteiger partial charge in [0.1, 0.15) is 5.82 Å². The van der Waals surface area contributed by atoms with E-state index in [2.05, 4.69) is 0 Å². The van der Waals surface area contributed by atoms with Crippen LogP contribution in [0.4, 0.5) is 10.1 Å². The number of benzene rings is 1. The van der Waals surface area contributed by atoms with Crippen LogP contribution >= 0.6 is 0 Å². The van der Waals surface area contributed by atoms with Crippen molar-refractivity contribution in [2.24, 2.45) is 0 Å². The molecule has 0 atom stereocenters. The van der Waals surface area contributed by atoms with E-state index in [4.69, 9.17) is 0 Å². The van der Waals surface area contributed by atoms with Crippen LogP contribution in [0.1, 0.15) is 20.3 Å². The Morgan fingerprint density at radius 3 is 2.27 bits per heavy atom. The molecule has 0 heterocycles. The van der Waals surface area contributed by atoms with Gasteiger partial charge in [-0.3, -0.25) is 0 Å². The minimum absolute atomic E-state index is 0.227. The van der Waals surface area contributed by atoms with Crippen molar-refractivity contribution in [3.63, 3.8) is 0 Å². The summed E-state index contributed by atoms with van der Waals surface area (Å²) in [7, 11) is 1.93. The molecule has 0 saturated heterocycles. The predicted octanol–water partition coefficient (Wildman–Crippen LogP) is 2.42. The summed E-state index contributed by atoms with van der Waals surface area (Å²) in [5, 5.41) is 9.57. The number of halogens is 1. The Kier molecular flexibility index (Phi) is 3.69. The first-order valence-electron chi connectivity index (χ1n) is 5.07. The van der Waals surface area contributed by atoms with Gasteiger partial charge in [0.25, 0.3) is 0 Å². The minimum Gasteiger partial charge on any atom is -0.390 e. The van der Waals surface area contributed by atoms with Gasteiger partial charge in [-0.05, 0) is 44.5 Å². The molecule has 0 amide bonds. The molecule has 84 valence electrons. The third-order valence-electron chi connectivity index (χ3n) is 2.33. The van der Waals surface area contributed by atoms with Crippen LogP contribution in [-0.2, 0) is 0 Å². The second-order valence-electron chi connectivity index (χ2n) is 4.46. The fourth-order valence-corrected chi connectivity index (χ4v) is 1.27. The van der Waals surface area contributed by atoms with E-state index < -0.39 is 5.60 Å². The molecule has 0 radical (unpaired) electrons. The SMILES string of the molecule is CN(CCC(C)(C)O)c1ccc(F)cc1. The number of aliphatic hydroxyl groups is 1. The lowest BCUT2D eigenvalue weighted by Gasteiger charge is -2.24. The van der Waals surface area contributed by atoms with Crippen molar-refractivity contribution in [3.8, 4) is 0 Å². The highest BCUT2D eigenvalue weighted by molar-refractivity contribution is 5.45. The second-order valence-corrected chi connectivity index (χ2v) is 4.46. The van der Waals surface area contributed by atoms with Gasteiger partial charge in [0.05, 0.1) is 5.60 Å². The fraction of sp³-hybridized carbons (Fsp3) is 0.500. The van der Waals surface area contributed by atoms with E-state index in [0.717, 1.165) is 12.2 Å². The van der Waals surface area contributed by atoms with Crippen LogP contribution < -0.4 is 4.90 Å². The van der Waals surface area contributed by atoms with E-state index in [-0.39, 0.29) is 5.82 Å². The molecule has 0 spiro atoms. The van der Waals surface area contributed by atoms with Gasteiger partial charge in [-0.25, -0.2) is 4.39 Å². The van der Waals surface area contributed by atoms with Gasteiger partial charge in [-0.1, -0.05) is 0 Å². The summed E-state index contributed by atoms with van der Waals surface area (Å²) in [6, 6.07) is 6.35. The number of hydrogen-bond acceptors (Lipinski definition) is 2. The molecular formula is C12H18FNO. The number of anilines is 1. The first-order chi connectivity index (χ1) is 6.88. The molecule has 0 fully saturated rings. The lowest BCUT2D eigenvalue weighted by molar-refractivity contribution is 0.0734. The van der Waals surface area contributed by atoms with Crippen LogP contribution in [-0.4, -0.2) is 24.3 Å². The molecule has 0 bridgehead atoms. The normalized spacial score (nSPS) is 11.5. The maximum Gasteiger partial charge on any atom is 0.123 e. The number of hydrogen-bond donors (Lipinski definition) is 1. The molecule has 0 aliphatic carbocycles. The van der Waals surface area contributed by atoms with Crippen molar-refractivity contribution < 1.29 is 9.50 Å². The van der Waals surface area contributed by atoms with Gasteiger partial charge < -0.3 is 10.0 Å². The highest BCUT2D eigenvalue weighted by atomic mass is 19.1. The molecule has 1 rings (SSSR count). The second kappa shape index (κ2) is 4.62. The van der Waals surface area contributed by atoms with E-state index in [1.807, 2.05) is 11.9 Å². The van der Waals surface area contributed by atoms with Gasteiger partial charge in [0.15, 0.2) is 0 Å². The average Bonchev–Trinajstić information content (AvgIpc) is 2.14. The molecular weight excluding hydrogens is 193 g/mol. The van der Waals surface area contributed by atoms with Gasteiger partial charge in [0, 0.05) is 19.3 Å². The van der Waals surface area contributed by atoms with Crippen LogP contribution in [0.15, 0.2) is 24.3 Å². The van der Waals surface area contributed by atoms with Crippen molar-refractivity contribution in [2.45, 2.75) is 25.9 Å². The maximum absolute atomic E-state index is 12.7. The summed E-state index contributed by atoms with van der Waals surface area (Å²) in [5.41, 5.74) is 0.300. The summed E-state index contributed by atoms with van der Waals surface area (Å²) in [6.45, 7) is 4.31. The van der Waals surface area contributed by atoms with E-state index in [9.17, 15) is 9.50 Å². The largest absolute Gasteiger partial charge is 0.390 e. The summed E-state index contributed by atoms with van der Waals surface area (Å²) < 4.78 is 12.7. The van der Waals surface area contributed by atoms with Crippen molar-refractivity contribution in [1.29, 1.82) is 0 Å². The molecule has 0 aliphatic rings. The third-order valence-corrected chi connectivity index (χ3v) is 2.33. The van der Waals surface area contributed by atoms with Crippen LogP contribution in [0.25, 0.3) is 0 Å². The zero-order chi connectivity index (χ0) is 11.5. The van der Waals surface area contributed by atoms with E-state index in [1.165, 1.54) is 12.1 Å². The molecule has 1 N–H and O–H groups in total. The average molecular weight is 211 g/mol. The Labute approximate surface area is 90.3 Å². The Hall–Kier alpha value is -1.09. The van der Waals surface area contributed by atoms with Gasteiger partial charge >= 0.3 is 0 Å². The zero-order valence-electron chi connectivity index (χ0n) is 9.50. The first-order valence-corrected chi connectivity index (χ1v) is 5.07. The predicted molar refractivity (Wildman–Crippen MR) is 60.6 cm³/mol. The molecule has 2 nitrogen and oxygen atoms in total. The number of rotatable bonds is 4. The zero-order valence-corrected chi connectivity index (χ0v) is 9.50. The first kappa shape index (κ1) is 12.0. The molecule has 0 aromatic heterocycles. The van der Waals surface area contributed by atoms with Crippen LogP contribution in [0, 0.1) is 5.82 Å². The molecule has 15 heavy (non-hydrogen) atoms. The molecule has 1 aromatic carbocycles. The third kappa shape index (κ3) is 4.30. The lowest BCUT2D eigenvalue weighted by Crippen LogP contribution is -2.28. The number of nitrogens with zero attached hydrogens (tertiary/aromatic N) is 1. The van der Waals surface area contributed by atoms with Crippen molar-refractivity contribution in [2.75, 3.05) is 18.5 Å². The van der Waals surface area contributed by atoms with Crippen molar-refractivity contribution in [3.05, 3.63) is 30.1 Å². The lowest BCUT2D eigenvalue weighted by atomic mass is 10.1. The van der Waals surface area contributed by atoms with Crippen LogP contribution in [0.5, 0.6) is 0 Å². The van der Waals surface area contributed by atoms with E-state index >= 15 is 0 Å². The quantitative estimate of drug-likeness (QED) is 0.826. The molecule has 0 aliphatic heterocycles. The Morgan fingerprint density at radius 2 is 1.80 bits per heavy atom. The van der Waals surface area contributed by atoms with E-state index in [1.54, 1.807) is 26.0 Å². The Morgan fingerprint density at radius 1 is 1.27 bits per heavy atom. The van der Waals surface area contributed by atoms with Crippen LogP contribution in [0.2, 0.25) is 0 Å². The van der Waals surface area contributed by atoms with Gasteiger partial charge in [0.2, 0.25) is 0 Å². The topological polar surface area (TPSA) is 23.5 Å². The molecule has 0 saturated carbocycles. The molecule has 1 aromatic rings. The van der Waals surface area contributed by atoms with Gasteiger partial charge in [-0.15, -0.1) is 0 Å². The Bertz CT molecular complexity index is 302. The Balaban J connectivity index is 2.54. The minimum atomic E-state index is -0.658. The summed E-state index contributed by atoms with van der Waals surface area (Å²) >= 11 is 0. The summed E-state index contributed by atoms with van der Waals surface area (Å²) in [4.78, 5) is 2.00. The summed E-state index contributed by atoms with van der Waals surface area (Å²) in [6.07, 6.45) is 0.681. The molecule has 3 heteroatoms. The highest BCUT2D eigenvalue weighted by Crippen LogP contribution is 2.15. The standard InChI is InChI=1S/C12H18FNO/c1-12(2,15)8-9-14(3)11-6-4-10(13)5-7-11/h4-7,15H,8-9H2,1-3H3. The molecule has 0 unspecified atom stereocenters. The monoisotopic (exact) mass is 211 g/mol. The summed E-state index contributed by atoms with van der Waals surface area (Å²) in [5.74, 6) is -0.227. The fourth-order valence-electron chi connectivity index (χ4n) is 1.27. The van der Waals surface area contributed by atoms with E-state index in [0.29, 0.717) is 6.42 Å². The van der Waals surface area contributed by atoms with Crippen LogP contribution in [0.3, 0.4) is 0 Å². The highest BCUT2D eigenvalue weighted by Gasteiger charge is 2.13. The van der Waals surface area contributed by atoms with Gasteiger partial charge in [-0.2, -0.15) is 0 Å². The van der Waals surface area contributed by atoms with Crippen molar-refractivity contribution >= 4 is 5.69 Å². The smallest absolute Gasteiger partial charge is 0.123 e. The van der Waals surface area contributed by atoms with Crippen molar-refractivity contribution in [1.82, 2.24) is 0 Å².